The summed E-state index contributed by atoms with van der Waals surface area (Å²) < 4.78 is 0. The summed E-state index contributed by atoms with van der Waals surface area (Å²) in [5.41, 5.74) is 2.13. The van der Waals surface area contributed by atoms with Crippen LogP contribution in [0.25, 0.3) is 0 Å². The van der Waals surface area contributed by atoms with E-state index in [-0.39, 0.29) is 0 Å². The van der Waals surface area contributed by atoms with Crippen molar-refractivity contribution < 1.29 is 0 Å². The highest BCUT2D eigenvalue weighted by Crippen LogP contribution is 2.35. The van der Waals surface area contributed by atoms with E-state index < -0.39 is 0 Å². The Morgan fingerprint density at radius 3 is 2.73 bits per heavy atom. The summed E-state index contributed by atoms with van der Waals surface area (Å²) >= 11 is 1.81. The lowest BCUT2D eigenvalue weighted by atomic mass is 9.71. The molecule has 1 aromatic heterocycles. The van der Waals surface area contributed by atoms with Gasteiger partial charge in [-0.3, -0.25) is 0 Å². The summed E-state index contributed by atoms with van der Waals surface area (Å²) in [4.78, 5) is 0. The van der Waals surface area contributed by atoms with Crippen molar-refractivity contribution in [2.24, 2.45) is 11.3 Å². The van der Waals surface area contributed by atoms with Gasteiger partial charge in [-0.05, 0) is 53.0 Å². The van der Waals surface area contributed by atoms with Crippen LogP contribution in [0.2, 0.25) is 0 Å². The highest BCUT2D eigenvalue weighted by molar-refractivity contribution is 7.07. The van der Waals surface area contributed by atoms with Crippen molar-refractivity contribution in [3.8, 4) is 0 Å². The minimum atomic E-state index is 0.607. The van der Waals surface area contributed by atoms with Gasteiger partial charge < -0.3 is 5.32 Å². The molecule has 0 bridgehead atoms. The molecule has 0 aliphatic carbocycles. The lowest BCUT2D eigenvalue weighted by molar-refractivity contribution is 0.119. The molecular formula is C13H21NS. The van der Waals surface area contributed by atoms with Crippen molar-refractivity contribution in [3.63, 3.8) is 0 Å². The Labute approximate surface area is 96.9 Å². The number of rotatable bonds is 5. The van der Waals surface area contributed by atoms with E-state index in [0.29, 0.717) is 5.41 Å². The van der Waals surface area contributed by atoms with E-state index in [4.69, 9.17) is 0 Å². The maximum atomic E-state index is 3.44. The molecule has 2 heterocycles. The summed E-state index contributed by atoms with van der Waals surface area (Å²) in [6.45, 7) is 7.14. The first-order valence-corrected chi connectivity index (χ1v) is 6.86. The maximum absolute atomic E-state index is 3.44. The Hall–Kier alpha value is -0.340. The van der Waals surface area contributed by atoms with Crippen LogP contribution < -0.4 is 5.32 Å². The molecule has 1 aliphatic heterocycles. The topological polar surface area (TPSA) is 12.0 Å². The molecule has 1 fully saturated rings. The number of aryl methyl sites for hydroxylation is 1. The van der Waals surface area contributed by atoms with Crippen LogP contribution in [0, 0.1) is 11.3 Å². The van der Waals surface area contributed by atoms with E-state index in [1.165, 1.54) is 37.9 Å². The van der Waals surface area contributed by atoms with Crippen molar-refractivity contribution in [1.29, 1.82) is 0 Å². The minimum absolute atomic E-state index is 0.607. The fraction of sp³-hybridized carbons (Fsp3) is 0.692. The number of hydrogen-bond acceptors (Lipinski definition) is 2. The molecule has 0 amide bonds. The van der Waals surface area contributed by atoms with Gasteiger partial charge in [-0.15, -0.1) is 0 Å². The molecule has 1 aliphatic rings. The van der Waals surface area contributed by atoms with Crippen LogP contribution in [-0.4, -0.2) is 13.1 Å². The van der Waals surface area contributed by atoms with E-state index in [1.54, 1.807) is 0 Å². The zero-order valence-corrected chi connectivity index (χ0v) is 10.6. The molecule has 0 spiro atoms. The van der Waals surface area contributed by atoms with Gasteiger partial charge in [0.15, 0.2) is 0 Å². The second kappa shape index (κ2) is 4.67. The predicted octanol–water partition coefficient (Wildman–Crippen LogP) is 3.32. The first-order valence-electron chi connectivity index (χ1n) is 5.92. The van der Waals surface area contributed by atoms with Gasteiger partial charge in [-0.2, -0.15) is 11.3 Å². The largest absolute Gasteiger partial charge is 0.316 e. The molecule has 0 unspecified atom stereocenters. The second-order valence-electron chi connectivity index (χ2n) is 5.33. The van der Waals surface area contributed by atoms with E-state index >= 15 is 0 Å². The number of thiophene rings is 1. The Morgan fingerprint density at radius 2 is 2.27 bits per heavy atom. The van der Waals surface area contributed by atoms with Crippen LogP contribution in [-0.2, 0) is 6.42 Å². The molecule has 0 atom stereocenters. The molecule has 1 N–H and O–H groups in total. The van der Waals surface area contributed by atoms with Crippen LogP contribution >= 0.6 is 11.3 Å². The second-order valence-corrected chi connectivity index (χ2v) is 6.11. The van der Waals surface area contributed by atoms with Crippen molar-refractivity contribution in [1.82, 2.24) is 5.32 Å². The summed E-state index contributed by atoms with van der Waals surface area (Å²) in [7, 11) is 0. The minimum Gasteiger partial charge on any atom is -0.316 e. The third-order valence-electron chi connectivity index (χ3n) is 3.37. The van der Waals surface area contributed by atoms with Crippen molar-refractivity contribution in [2.45, 2.75) is 33.1 Å². The molecule has 2 heteroatoms. The summed E-state index contributed by atoms with van der Waals surface area (Å²) in [6, 6.07) is 2.26. The maximum Gasteiger partial charge on any atom is 0.00204 e. The van der Waals surface area contributed by atoms with Gasteiger partial charge in [-0.25, -0.2) is 0 Å². The Kier molecular flexibility index (Phi) is 3.47. The van der Waals surface area contributed by atoms with Crippen LogP contribution in [0.15, 0.2) is 16.8 Å². The molecule has 84 valence electrons. The quantitative estimate of drug-likeness (QED) is 0.807. The summed E-state index contributed by atoms with van der Waals surface area (Å²) in [6.07, 6.45) is 4.00. The average Bonchev–Trinajstić information content (AvgIpc) is 2.61. The normalized spacial score (nSPS) is 19.1. The molecule has 15 heavy (non-hydrogen) atoms. The summed E-state index contributed by atoms with van der Waals surface area (Å²) in [5, 5.41) is 7.91. The molecule has 0 aromatic carbocycles. The number of hydrogen-bond donors (Lipinski definition) is 1. The van der Waals surface area contributed by atoms with Gasteiger partial charge in [0.1, 0.15) is 0 Å². The zero-order valence-electron chi connectivity index (χ0n) is 9.75. The first kappa shape index (κ1) is 11.2. The predicted molar refractivity (Wildman–Crippen MR) is 67.4 cm³/mol. The van der Waals surface area contributed by atoms with Crippen molar-refractivity contribution >= 4 is 11.3 Å². The van der Waals surface area contributed by atoms with Gasteiger partial charge in [-0.1, -0.05) is 13.8 Å². The molecule has 0 radical (unpaired) electrons. The lowest BCUT2D eigenvalue weighted by Gasteiger charge is -2.44. The van der Waals surface area contributed by atoms with E-state index in [1.807, 2.05) is 11.3 Å². The smallest absolute Gasteiger partial charge is 0.00204 e. The third-order valence-corrected chi connectivity index (χ3v) is 4.10. The van der Waals surface area contributed by atoms with Gasteiger partial charge in [0.25, 0.3) is 0 Å². The SMILES string of the molecule is CC(C)CC1(CCc2ccsc2)CNC1. The van der Waals surface area contributed by atoms with Gasteiger partial charge >= 0.3 is 0 Å². The Bertz CT molecular complexity index is 285. The third kappa shape index (κ3) is 2.82. The Balaban J connectivity index is 1.85. The van der Waals surface area contributed by atoms with Crippen LogP contribution in [0.5, 0.6) is 0 Å². The first-order chi connectivity index (χ1) is 7.20. The highest BCUT2D eigenvalue weighted by Gasteiger charge is 2.36. The molecule has 1 aromatic rings. The Morgan fingerprint density at radius 1 is 1.47 bits per heavy atom. The van der Waals surface area contributed by atoms with Crippen LogP contribution in [0.3, 0.4) is 0 Å². The molecule has 2 rings (SSSR count). The molecule has 1 saturated heterocycles. The van der Waals surface area contributed by atoms with Gasteiger partial charge in [0.2, 0.25) is 0 Å². The van der Waals surface area contributed by atoms with Crippen LogP contribution in [0.4, 0.5) is 0 Å². The van der Waals surface area contributed by atoms with Crippen molar-refractivity contribution in [3.05, 3.63) is 22.4 Å². The van der Waals surface area contributed by atoms with E-state index in [9.17, 15) is 0 Å². The van der Waals surface area contributed by atoms with Gasteiger partial charge in [0, 0.05) is 13.1 Å². The van der Waals surface area contributed by atoms with Crippen molar-refractivity contribution in [2.75, 3.05) is 13.1 Å². The van der Waals surface area contributed by atoms with Crippen LogP contribution in [0.1, 0.15) is 32.3 Å². The number of nitrogens with one attached hydrogen (secondary N) is 1. The zero-order chi connectivity index (χ0) is 10.7. The fourth-order valence-corrected chi connectivity index (χ4v) is 3.32. The molecular weight excluding hydrogens is 202 g/mol. The van der Waals surface area contributed by atoms with Gasteiger partial charge in [0.05, 0.1) is 0 Å². The fourth-order valence-electron chi connectivity index (χ4n) is 2.61. The monoisotopic (exact) mass is 223 g/mol. The lowest BCUT2D eigenvalue weighted by Crippen LogP contribution is -2.54. The van der Waals surface area contributed by atoms with E-state index in [0.717, 1.165) is 5.92 Å². The molecule has 0 saturated carbocycles. The standard InChI is InChI=1S/C13H21NS/c1-11(2)7-13(9-14-10-13)5-3-12-4-6-15-8-12/h4,6,8,11,14H,3,5,7,9-10H2,1-2H3. The molecule has 1 nitrogen and oxygen atoms in total. The van der Waals surface area contributed by atoms with E-state index in [2.05, 4.69) is 36.0 Å². The summed E-state index contributed by atoms with van der Waals surface area (Å²) in [5.74, 6) is 0.828. The average molecular weight is 223 g/mol. The highest BCUT2D eigenvalue weighted by atomic mass is 32.1.